The predicted octanol–water partition coefficient (Wildman–Crippen LogP) is 4.71. The van der Waals surface area contributed by atoms with E-state index in [1.165, 1.54) is 5.57 Å². The van der Waals surface area contributed by atoms with Crippen LogP contribution in [0.15, 0.2) is 23.8 Å². The van der Waals surface area contributed by atoms with Crippen LogP contribution in [0.1, 0.15) is 86.0 Å². The standard InChI is InChI=1S/C29H44O5/c1-16-9-12-29(24(32)33)14-13-26(4)19(23(29)28(16,6)34)7-8-21-25(3)15-20(30)22(31)17(2)18(25)10-11-27(21,26)5/h7,16,18,20-23,30-31,34H,2,8-15H2,1,3-6H3,(H,32,33)/t16-,18?,20-,21-,22+,23-,25+,26-,27-,28-,29+/m1/s1. The van der Waals surface area contributed by atoms with Crippen LogP contribution in [-0.4, -0.2) is 44.2 Å². The van der Waals surface area contributed by atoms with Crippen molar-refractivity contribution < 1.29 is 25.2 Å². The summed E-state index contributed by atoms with van der Waals surface area (Å²) in [6.45, 7) is 15.2. The van der Waals surface area contributed by atoms with Gasteiger partial charge in [-0.15, -0.1) is 0 Å². The van der Waals surface area contributed by atoms with Gasteiger partial charge in [0.15, 0.2) is 0 Å². The number of aliphatic carboxylic acids is 1. The second kappa shape index (κ2) is 7.20. The summed E-state index contributed by atoms with van der Waals surface area (Å²) >= 11 is 0. The quantitative estimate of drug-likeness (QED) is 0.415. The van der Waals surface area contributed by atoms with Crippen LogP contribution in [0.4, 0.5) is 0 Å². The first-order chi connectivity index (χ1) is 15.7. The Bertz CT molecular complexity index is 952. The molecule has 5 aliphatic rings. The number of carboxylic acid groups (broad SMARTS) is 1. The van der Waals surface area contributed by atoms with Gasteiger partial charge in [-0.3, -0.25) is 4.79 Å². The van der Waals surface area contributed by atoms with Gasteiger partial charge in [0.1, 0.15) is 6.10 Å². The molecule has 0 spiro atoms. The minimum Gasteiger partial charge on any atom is -0.481 e. The van der Waals surface area contributed by atoms with Crippen molar-refractivity contribution in [3.05, 3.63) is 23.8 Å². The van der Waals surface area contributed by atoms with E-state index in [0.29, 0.717) is 25.2 Å². The number of allylic oxidation sites excluding steroid dienone is 1. The number of carbonyl (C=O) groups is 1. The molecule has 190 valence electrons. The van der Waals surface area contributed by atoms with Crippen LogP contribution in [0.5, 0.6) is 0 Å². The van der Waals surface area contributed by atoms with Crippen LogP contribution in [0.3, 0.4) is 0 Å². The lowest BCUT2D eigenvalue weighted by Gasteiger charge is -2.70. The molecule has 0 aliphatic heterocycles. The van der Waals surface area contributed by atoms with Gasteiger partial charge >= 0.3 is 5.97 Å². The van der Waals surface area contributed by atoms with Gasteiger partial charge in [0, 0.05) is 5.92 Å². The zero-order valence-electron chi connectivity index (χ0n) is 21.6. The average molecular weight is 473 g/mol. The molecule has 0 aromatic rings. The maximum absolute atomic E-state index is 12.8. The van der Waals surface area contributed by atoms with Gasteiger partial charge in [-0.1, -0.05) is 45.9 Å². The molecule has 0 radical (unpaired) electrons. The molecule has 0 aromatic heterocycles. The van der Waals surface area contributed by atoms with E-state index in [4.69, 9.17) is 0 Å². The Morgan fingerprint density at radius 3 is 2.38 bits per heavy atom. The van der Waals surface area contributed by atoms with Gasteiger partial charge in [0.2, 0.25) is 0 Å². The first kappa shape index (κ1) is 24.5. The van der Waals surface area contributed by atoms with Gasteiger partial charge in [0.05, 0.1) is 17.1 Å². The van der Waals surface area contributed by atoms with Crippen LogP contribution in [0.25, 0.3) is 0 Å². The maximum Gasteiger partial charge on any atom is 0.310 e. The second-order valence-corrected chi connectivity index (χ2v) is 13.6. The zero-order valence-corrected chi connectivity index (χ0v) is 21.6. The molecule has 5 rings (SSSR count). The van der Waals surface area contributed by atoms with Crippen molar-refractivity contribution >= 4 is 5.97 Å². The highest BCUT2D eigenvalue weighted by atomic mass is 16.4. The van der Waals surface area contributed by atoms with Crippen molar-refractivity contribution in [2.75, 3.05) is 0 Å². The van der Waals surface area contributed by atoms with Gasteiger partial charge in [-0.05, 0) is 97.9 Å². The van der Waals surface area contributed by atoms with Gasteiger partial charge in [-0.2, -0.15) is 0 Å². The number of hydrogen-bond donors (Lipinski definition) is 4. The molecule has 1 unspecified atom stereocenters. The molecule has 0 aromatic carbocycles. The van der Waals surface area contributed by atoms with Crippen LogP contribution in [0, 0.1) is 45.3 Å². The molecule has 0 heterocycles. The highest BCUT2D eigenvalue weighted by Crippen LogP contribution is 2.75. The number of hydrogen-bond acceptors (Lipinski definition) is 4. The number of rotatable bonds is 1. The summed E-state index contributed by atoms with van der Waals surface area (Å²) in [5.41, 5.74) is -0.464. The first-order valence-electron chi connectivity index (χ1n) is 13.4. The van der Waals surface area contributed by atoms with Crippen molar-refractivity contribution in [1.82, 2.24) is 0 Å². The minimum absolute atomic E-state index is 0.0466. The lowest BCUT2D eigenvalue weighted by molar-refractivity contribution is -0.202. The summed E-state index contributed by atoms with van der Waals surface area (Å²) in [5, 5.41) is 43.6. The van der Waals surface area contributed by atoms with Crippen molar-refractivity contribution in [3.63, 3.8) is 0 Å². The highest BCUT2D eigenvalue weighted by Gasteiger charge is 2.70. The number of aliphatic hydroxyl groups is 3. The Balaban J connectivity index is 1.64. The lowest BCUT2D eigenvalue weighted by Crippen LogP contribution is -2.67. The Morgan fingerprint density at radius 2 is 1.74 bits per heavy atom. The molecule has 4 saturated carbocycles. The maximum atomic E-state index is 12.8. The molecule has 5 aliphatic carbocycles. The van der Waals surface area contributed by atoms with Crippen molar-refractivity contribution in [2.45, 2.75) is 104 Å². The third-order valence-corrected chi connectivity index (χ3v) is 12.6. The summed E-state index contributed by atoms with van der Waals surface area (Å²) in [5.74, 6) is -0.602. The largest absolute Gasteiger partial charge is 0.481 e. The van der Waals surface area contributed by atoms with Crippen LogP contribution in [-0.2, 0) is 4.79 Å². The number of aliphatic hydroxyl groups excluding tert-OH is 2. The molecule has 0 bridgehead atoms. The predicted molar refractivity (Wildman–Crippen MR) is 131 cm³/mol. The van der Waals surface area contributed by atoms with E-state index in [9.17, 15) is 25.2 Å². The minimum atomic E-state index is -1.06. The monoisotopic (exact) mass is 472 g/mol. The summed E-state index contributed by atoms with van der Waals surface area (Å²) < 4.78 is 0. The fraction of sp³-hybridized carbons (Fsp3) is 0.828. The smallest absolute Gasteiger partial charge is 0.310 e. The van der Waals surface area contributed by atoms with E-state index in [0.717, 1.165) is 37.7 Å². The van der Waals surface area contributed by atoms with Crippen molar-refractivity contribution in [1.29, 1.82) is 0 Å². The highest BCUT2D eigenvalue weighted by molar-refractivity contribution is 5.77. The van der Waals surface area contributed by atoms with Crippen LogP contribution < -0.4 is 0 Å². The van der Waals surface area contributed by atoms with Gasteiger partial charge in [0.25, 0.3) is 0 Å². The number of fused-ring (bicyclic) bond motifs is 7. The van der Waals surface area contributed by atoms with E-state index >= 15 is 0 Å². The Hall–Kier alpha value is -1.17. The summed E-state index contributed by atoms with van der Waals surface area (Å²) in [6, 6.07) is 0. The molecule has 4 N–H and O–H groups in total. The van der Waals surface area contributed by atoms with Gasteiger partial charge < -0.3 is 20.4 Å². The van der Waals surface area contributed by atoms with Crippen molar-refractivity contribution in [3.8, 4) is 0 Å². The summed E-state index contributed by atoms with van der Waals surface area (Å²) in [7, 11) is 0. The molecule has 5 nitrogen and oxygen atoms in total. The van der Waals surface area contributed by atoms with E-state index in [-0.39, 0.29) is 34.0 Å². The fourth-order valence-corrected chi connectivity index (χ4v) is 10.1. The molecular formula is C29H44O5. The average Bonchev–Trinajstić information content (AvgIpc) is 2.75. The molecule has 4 fully saturated rings. The first-order valence-corrected chi connectivity index (χ1v) is 13.4. The zero-order chi connectivity index (χ0) is 25.1. The van der Waals surface area contributed by atoms with E-state index in [1.54, 1.807) is 0 Å². The molecule has 34 heavy (non-hydrogen) atoms. The SMILES string of the molecule is C=C1C2CC[C@]3(C)[C@H](CC=C4[C@H]5[C@](C(=O)O)(CC[C@@H](C)[C@@]5(C)O)CC[C@]43C)[C@@]2(C)C[C@@H](O)[C@H]1O. The molecular weight excluding hydrogens is 428 g/mol. The Kier molecular flexibility index (Phi) is 5.19. The van der Waals surface area contributed by atoms with Crippen LogP contribution in [0.2, 0.25) is 0 Å². The Labute approximate surface area is 204 Å². The molecule has 11 atom stereocenters. The fourth-order valence-electron chi connectivity index (χ4n) is 10.1. The van der Waals surface area contributed by atoms with Crippen LogP contribution >= 0.6 is 0 Å². The Morgan fingerprint density at radius 1 is 1.06 bits per heavy atom. The number of carboxylic acids is 1. The van der Waals surface area contributed by atoms with E-state index in [1.807, 2.05) is 6.92 Å². The van der Waals surface area contributed by atoms with Gasteiger partial charge in [-0.25, -0.2) is 0 Å². The third-order valence-electron chi connectivity index (χ3n) is 12.6. The third kappa shape index (κ3) is 2.70. The lowest BCUT2D eigenvalue weighted by atomic mass is 9.34. The second-order valence-electron chi connectivity index (χ2n) is 13.6. The summed E-state index contributed by atoms with van der Waals surface area (Å²) in [4.78, 5) is 12.8. The molecule has 0 saturated heterocycles. The topological polar surface area (TPSA) is 98.0 Å². The molecule has 5 heteroatoms. The summed E-state index contributed by atoms with van der Waals surface area (Å²) in [6.07, 6.45) is 6.73. The molecule has 0 amide bonds. The van der Waals surface area contributed by atoms with E-state index in [2.05, 4.69) is 40.3 Å². The van der Waals surface area contributed by atoms with E-state index < -0.39 is 29.2 Å². The van der Waals surface area contributed by atoms with Crippen molar-refractivity contribution in [2.24, 2.45) is 45.3 Å². The normalized spacial score (nSPS) is 56.9.